The molecule has 1 aromatic heterocycles. The number of fused-ring (bicyclic) bond motifs is 1. The number of nitro benzene ring substituents is 1. The standard InChI is InChI=1S/C23H26N4O7S2/c1-4-11-26-20-16-18(27(29)30)7-10-21(20)35-23(26)24-22(28)17-5-8-19(9-6-17)36(31,32)25(12-14-33-2)13-15-34-3/h4-10,16H,1,11-15H2,2-3H3. The first-order chi connectivity index (χ1) is 17.2. The topological polar surface area (TPSA) is 133 Å². The second-order valence-electron chi connectivity index (χ2n) is 7.52. The molecule has 2 aromatic carbocycles. The summed E-state index contributed by atoms with van der Waals surface area (Å²) < 4.78 is 39.8. The number of benzene rings is 2. The SMILES string of the molecule is C=CCn1c(=NC(=O)c2ccc(S(=O)(=O)N(CCOC)CCOC)cc2)sc2ccc([N+](=O)[O-])cc21. The van der Waals surface area contributed by atoms with Crippen molar-refractivity contribution in [1.82, 2.24) is 8.87 Å². The van der Waals surface area contributed by atoms with E-state index in [0.717, 1.165) is 4.70 Å². The van der Waals surface area contributed by atoms with Gasteiger partial charge in [0, 0.05) is 51.6 Å². The summed E-state index contributed by atoms with van der Waals surface area (Å²) in [5.74, 6) is -0.576. The van der Waals surface area contributed by atoms with Gasteiger partial charge in [0.05, 0.1) is 33.2 Å². The molecule has 0 radical (unpaired) electrons. The average Bonchev–Trinajstić information content (AvgIpc) is 3.20. The van der Waals surface area contributed by atoms with E-state index < -0.39 is 20.9 Å². The van der Waals surface area contributed by atoms with Crippen LogP contribution >= 0.6 is 11.3 Å². The summed E-state index contributed by atoms with van der Waals surface area (Å²) in [6.07, 6.45) is 1.60. The van der Waals surface area contributed by atoms with Crippen molar-refractivity contribution in [1.29, 1.82) is 0 Å². The number of sulfonamides is 1. The van der Waals surface area contributed by atoms with Crippen molar-refractivity contribution in [2.75, 3.05) is 40.5 Å². The van der Waals surface area contributed by atoms with Gasteiger partial charge >= 0.3 is 0 Å². The zero-order valence-electron chi connectivity index (χ0n) is 19.8. The zero-order valence-corrected chi connectivity index (χ0v) is 21.5. The number of non-ortho nitro benzene ring substituents is 1. The summed E-state index contributed by atoms with van der Waals surface area (Å²) in [6, 6.07) is 9.95. The Morgan fingerprint density at radius 2 is 1.81 bits per heavy atom. The normalized spacial score (nSPS) is 12.4. The molecule has 0 atom stereocenters. The second kappa shape index (κ2) is 12.1. The van der Waals surface area contributed by atoms with Gasteiger partial charge in [-0.05, 0) is 30.3 Å². The van der Waals surface area contributed by atoms with Crippen molar-refractivity contribution < 1.29 is 27.6 Å². The minimum atomic E-state index is -3.83. The first kappa shape index (κ1) is 27.4. The Balaban J connectivity index is 1.94. The molecule has 0 unspecified atom stereocenters. The molecule has 3 aromatic rings. The van der Waals surface area contributed by atoms with Crippen molar-refractivity contribution in [3.05, 3.63) is 75.6 Å². The molecule has 0 bridgehead atoms. The molecule has 1 heterocycles. The van der Waals surface area contributed by atoms with E-state index >= 15 is 0 Å². The lowest BCUT2D eigenvalue weighted by molar-refractivity contribution is -0.384. The van der Waals surface area contributed by atoms with Crippen molar-refractivity contribution >= 4 is 43.2 Å². The number of nitro groups is 1. The fourth-order valence-corrected chi connectivity index (χ4v) is 5.80. The lowest BCUT2D eigenvalue weighted by Crippen LogP contribution is -2.36. The molecule has 13 heteroatoms. The average molecular weight is 535 g/mol. The number of carbonyl (C=O) groups is 1. The number of hydrogen-bond acceptors (Lipinski definition) is 8. The number of carbonyl (C=O) groups excluding carboxylic acids is 1. The third kappa shape index (κ3) is 6.12. The number of rotatable bonds is 12. The Morgan fingerprint density at radius 1 is 1.17 bits per heavy atom. The summed E-state index contributed by atoms with van der Waals surface area (Å²) in [7, 11) is -0.851. The van der Waals surface area contributed by atoms with Crippen LogP contribution in [0.5, 0.6) is 0 Å². The predicted octanol–water partition coefficient (Wildman–Crippen LogP) is 2.82. The first-order valence-corrected chi connectivity index (χ1v) is 13.0. The number of amides is 1. The smallest absolute Gasteiger partial charge is 0.279 e. The molecule has 0 aliphatic carbocycles. The third-order valence-corrected chi connectivity index (χ3v) is 8.19. The fourth-order valence-electron chi connectivity index (χ4n) is 3.37. The van der Waals surface area contributed by atoms with Gasteiger partial charge in [0.25, 0.3) is 11.6 Å². The maximum absolute atomic E-state index is 13.1. The highest BCUT2D eigenvalue weighted by atomic mass is 32.2. The molecule has 0 saturated carbocycles. The Kier molecular flexibility index (Phi) is 9.23. The highest BCUT2D eigenvalue weighted by molar-refractivity contribution is 7.89. The van der Waals surface area contributed by atoms with E-state index in [1.807, 2.05) is 0 Å². The largest absolute Gasteiger partial charge is 0.383 e. The number of ether oxygens (including phenoxy) is 2. The van der Waals surface area contributed by atoms with Crippen LogP contribution in [0, 0.1) is 10.1 Å². The molecule has 0 saturated heterocycles. The summed E-state index contributed by atoms with van der Waals surface area (Å²) in [5, 5.41) is 11.2. The predicted molar refractivity (Wildman–Crippen MR) is 136 cm³/mol. The molecule has 0 aliphatic rings. The van der Waals surface area contributed by atoms with E-state index in [4.69, 9.17) is 9.47 Å². The molecule has 192 valence electrons. The van der Waals surface area contributed by atoms with Crippen LogP contribution in [-0.2, 0) is 26.0 Å². The van der Waals surface area contributed by atoms with E-state index in [0.29, 0.717) is 16.9 Å². The van der Waals surface area contributed by atoms with Crippen LogP contribution in [0.4, 0.5) is 5.69 Å². The Labute approximate surface area is 212 Å². The van der Waals surface area contributed by atoms with Crippen LogP contribution in [0.15, 0.2) is 65.0 Å². The van der Waals surface area contributed by atoms with Gasteiger partial charge < -0.3 is 14.0 Å². The number of methoxy groups -OCH3 is 2. The lowest BCUT2D eigenvalue weighted by atomic mass is 10.2. The summed E-state index contributed by atoms with van der Waals surface area (Å²) >= 11 is 1.21. The summed E-state index contributed by atoms with van der Waals surface area (Å²) in [6.45, 7) is 4.77. The minimum absolute atomic E-state index is 0.0298. The Bertz CT molecular complexity index is 1420. The van der Waals surface area contributed by atoms with Crippen LogP contribution in [-0.4, -0.2) is 68.6 Å². The van der Waals surface area contributed by atoms with E-state index in [9.17, 15) is 23.3 Å². The molecular weight excluding hydrogens is 508 g/mol. The van der Waals surface area contributed by atoms with E-state index in [1.54, 1.807) is 16.7 Å². The number of aromatic nitrogens is 1. The molecule has 0 fully saturated rings. The van der Waals surface area contributed by atoms with Gasteiger partial charge in [-0.1, -0.05) is 17.4 Å². The number of thiazole rings is 1. The van der Waals surface area contributed by atoms with Crippen LogP contribution in [0.3, 0.4) is 0 Å². The molecule has 0 spiro atoms. The van der Waals surface area contributed by atoms with Crippen LogP contribution in [0.2, 0.25) is 0 Å². The molecule has 3 rings (SSSR count). The van der Waals surface area contributed by atoms with Crippen molar-refractivity contribution in [3.63, 3.8) is 0 Å². The highest BCUT2D eigenvalue weighted by Gasteiger charge is 2.24. The number of allylic oxidation sites excluding steroid dienone is 1. The van der Waals surface area contributed by atoms with Gasteiger partial charge in [0.2, 0.25) is 10.0 Å². The van der Waals surface area contributed by atoms with Gasteiger partial charge in [0.1, 0.15) is 0 Å². The van der Waals surface area contributed by atoms with Crippen molar-refractivity contribution in [3.8, 4) is 0 Å². The summed E-state index contributed by atoms with van der Waals surface area (Å²) in [5.41, 5.74) is 0.690. The molecule has 0 aliphatic heterocycles. The number of hydrogen-bond donors (Lipinski definition) is 0. The zero-order chi connectivity index (χ0) is 26.3. The van der Waals surface area contributed by atoms with Gasteiger partial charge in [-0.2, -0.15) is 9.30 Å². The molecule has 11 nitrogen and oxygen atoms in total. The molecular formula is C23H26N4O7S2. The number of nitrogens with zero attached hydrogens (tertiary/aromatic N) is 4. The Morgan fingerprint density at radius 3 is 2.36 bits per heavy atom. The minimum Gasteiger partial charge on any atom is -0.383 e. The van der Waals surface area contributed by atoms with Gasteiger partial charge in [-0.25, -0.2) is 8.42 Å². The van der Waals surface area contributed by atoms with Gasteiger partial charge in [-0.3, -0.25) is 14.9 Å². The van der Waals surface area contributed by atoms with E-state index in [1.165, 1.54) is 66.3 Å². The van der Waals surface area contributed by atoms with Crippen LogP contribution in [0.25, 0.3) is 10.2 Å². The molecule has 36 heavy (non-hydrogen) atoms. The fraction of sp³-hybridized carbons (Fsp3) is 0.304. The Hall–Kier alpha value is -3.23. The third-order valence-electron chi connectivity index (χ3n) is 5.21. The summed E-state index contributed by atoms with van der Waals surface area (Å²) in [4.78, 5) is 28.2. The highest BCUT2D eigenvalue weighted by Crippen LogP contribution is 2.23. The van der Waals surface area contributed by atoms with Crippen molar-refractivity contribution in [2.45, 2.75) is 11.4 Å². The van der Waals surface area contributed by atoms with Crippen molar-refractivity contribution in [2.24, 2.45) is 4.99 Å². The molecule has 1 amide bonds. The second-order valence-corrected chi connectivity index (χ2v) is 10.5. The lowest BCUT2D eigenvalue weighted by Gasteiger charge is -2.21. The monoisotopic (exact) mass is 534 g/mol. The maximum atomic E-state index is 13.1. The maximum Gasteiger partial charge on any atom is 0.279 e. The quantitative estimate of drug-likeness (QED) is 0.198. The molecule has 0 N–H and O–H groups in total. The van der Waals surface area contributed by atoms with E-state index in [-0.39, 0.29) is 42.4 Å². The van der Waals surface area contributed by atoms with E-state index in [2.05, 4.69) is 11.6 Å². The van der Waals surface area contributed by atoms with Crippen LogP contribution in [0.1, 0.15) is 10.4 Å². The first-order valence-electron chi connectivity index (χ1n) is 10.8. The van der Waals surface area contributed by atoms with Crippen LogP contribution < -0.4 is 4.80 Å². The van der Waals surface area contributed by atoms with Gasteiger partial charge in [-0.15, -0.1) is 6.58 Å². The van der Waals surface area contributed by atoms with Gasteiger partial charge in [0.15, 0.2) is 4.80 Å².